The summed E-state index contributed by atoms with van der Waals surface area (Å²) in [6, 6.07) is 8.05. The van der Waals surface area contributed by atoms with E-state index in [-0.39, 0.29) is 11.3 Å². The molecule has 1 amide bonds. The van der Waals surface area contributed by atoms with E-state index >= 15 is 0 Å². The highest BCUT2D eigenvalue weighted by molar-refractivity contribution is 6.30. The van der Waals surface area contributed by atoms with Crippen molar-refractivity contribution in [2.24, 2.45) is 17.1 Å². The van der Waals surface area contributed by atoms with Gasteiger partial charge in [-0.25, -0.2) is 0 Å². The average molecular weight is 250 g/mol. The van der Waals surface area contributed by atoms with Gasteiger partial charge in [0.2, 0.25) is 5.91 Å². The number of halogens is 1. The van der Waals surface area contributed by atoms with Crippen LogP contribution in [-0.4, -0.2) is 5.91 Å². The van der Waals surface area contributed by atoms with Crippen LogP contribution in [0, 0.1) is 11.3 Å². The summed E-state index contributed by atoms with van der Waals surface area (Å²) in [4.78, 5) is 11.3. The number of carbonyl (C=O) groups is 1. The maximum absolute atomic E-state index is 11.3. The van der Waals surface area contributed by atoms with Crippen molar-refractivity contribution < 1.29 is 4.79 Å². The molecule has 0 saturated heterocycles. The SMILES string of the molecule is NC(=O)C1(CC2CC2c2cccc(Cl)c2)CC1. The standard InChI is InChI=1S/C14H16ClNO/c15-11-3-1-2-9(6-11)12-7-10(12)8-14(4-5-14)13(16)17/h1-3,6,10,12H,4-5,7-8H2,(H2,16,17). The Morgan fingerprint density at radius 1 is 1.47 bits per heavy atom. The van der Waals surface area contributed by atoms with E-state index < -0.39 is 0 Å². The molecule has 2 aliphatic rings. The van der Waals surface area contributed by atoms with Crippen molar-refractivity contribution in [2.75, 3.05) is 0 Å². The molecule has 3 rings (SSSR count). The molecule has 90 valence electrons. The van der Waals surface area contributed by atoms with Gasteiger partial charge in [0, 0.05) is 10.4 Å². The van der Waals surface area contributed by atoms with Gasteiger partial charge < -0.3 is 5.73 Å². The van der Waals surface area contributed by atoms with Crippen LogP contribution in [0.2, 0.25) is 5.02 Å². The summed E-state index contributed by atoms with van der Waals surface area (Å²) in [6.45, 7) is 0. The average Bonchev–Trinajstić information content (AvgIpc) is 3.15. The number of hydrogen-bond donors (Lipinski definition) is 1. The monoisotopic (exact) mass is 249 g/mol. The number of hydrogen-bond acceptors (Lipinski definition) is 1. The predicted molar refractivity (Wildman–Crippen MR) is 67.8 cm³/mol. The fourth-order valence-corrected chi connectivity index (χ4v) is 3.02. The van der Waals surface area contributed by atoms with Crippen LogP contribution in [0.15, 0.2) is 24.3 Å². The van der Waals surface area contributed by atoms with Gasteiger partial charge in [0.15, 0.2) is 0 Å². The number of amides is 1. The minimum absolute atomic E-state index is 0.103. The summed E-state index contributed by atoms with van der Waals surface area (Å²) in [5, 5.41) is 0.796. The normalized spacial score (nSPS) is 28.8. The van der Waals surface area contributed by atoms with Crippen LogP contribution in [0.5, 0.6) is 0 Å². The van der Waals surface area contributed by atoms with Gasteiger partial charge in [-0.2, -0.15) is 0 Å². The Bertz CT molecular complexity index is 467. The van der Waals surface area contributed by atoms with E-state index in [2.05, 4.69) is 6.07 Å². The molecule has 2 aliphatic carbocycles. The summed E-state index contributed by atoms with van der Waals surface area (Å²) >= 11 is 5.99. The van der Waals surface area contributed by atoms with Gasteiger partial charge in [0.1, 0.15) is 0 Å². The van der Waals surface area contributed by atoms with Gasteiger partial charge in [0.25, 0.3) is 0 Å². The number of rotatable bonds is 4. The number of carbonyl (C=O) groups excluding carboxylic acids is 1. The van der Waals surface area contributed by atoms with Crippen LogP contribution in [0.1, 0.15) is 37.2 Å². The molecule has 3 heteroatoms. The molecule has 0 radical (unpaired) electrons. The molecular weight excluding hydrogens is 234 g/mol. The summed E-state index contributed by atoms with van der Waals surface area (Å²) in [6.07, 6.45) is 4.12. The van der Waals surface area contributed by atoms with Crippen molar-refractivity contribution in [2.45, 2.75) is 31.6 Å². The lowest BCUT2D eigenvalue weighted by Gasteiger charge is -2.09. The first-order valence-electron chi connectivity index (χ1n) is 6.16. The van der Waals surface area contributed by atoms with Crippen LogP contribution >= 0.6 is 11.6 Å². The quantitative estimate of drug-likeness (QED) is 0.876. The third-order valence-corrected chi connectivity index (χ3v) is 4.46. The molecule has 2 unspecified atom stereocenters. The summed E-state index contributed by atoms with van der Waals surface area (Å²) in [5.41, 5.74) is 6.61. The summed E-state index contributed by atoms with van der Waals surface area (Å²) < 4.78 is 0. The number of nitrogens with two attached hydrogens (primary N) is 1. The Morgan fingerprint density at radius 3 is 2.82 bits per heavy atom. The molecule has 2 atom stereocenters. The highest BCUT2D eigenvalue weighted by Crippen LogP contribution is 2.60. The van der Waals surface area contributed by atoms with E-state index in [1.165, 1.54) is 12.0 Å². The lowest BCUT2D eigenvalue weighted by atomic mass is 9.96. The van der Waals surface area contributed by atoms with E-state index in [1.54, 1.807) is 0 Å². The maximum Gasteiger partial charge on any atom is 0.223 e. The first-order valence-corrected chi connectivity index (χ1v) is 6.54. The van der Waals surface area contributed by atoms with Crippen molar-refractivity contribution in [3.05, 3.63) is 34.9 Å². The van der Waals surface area contributed by atoms with E-state index in [4.69, 9.17) is 17.3 Å². The van der Waals surface area contributed by atoms with E-state index in [9.17, 15) is 4.79 Å². The third kappa shape index (κ3) is 2.06. The second-order valence-corrected chi connectivity index (χ2v) is 5.94. The van der Waals surface area contributed by atoms with Crippen LogP contribution < -0.4 is 5.73 Å². The molecule has 2 fully saturated rings. The molecule has 2 N–H and O–H groups in total. The van der Waals surface area contributed by atoms with Crippen molar-refractivity contribution in [3.8, 4) is 0 Å². The molecule has 0 heterocycles. The van der Waals surface area contributed by atoms with E-state index in [1.807, 2.05) is 18.2 Å². The minimum Gasteiger partial charge on any atom is -0.369 e. The zero-order valence-electron chi connectivity index (χ0n) is 9.66. The minimum atomic E-state index is -0.155. The Morgan fingerprint density at radius 2 is 2.24 bits per heavy atom. The largest absolute Gasteiger partial charge is 0.369 e. The second-order valence-electron chi connectivity index (χ2n) is 5.51. The highest BCUT2D eigenvalue weighted by Gasteiger charge is 2.53. The predicted octanol–water partition coefficient (Wildman–Crippen LogP) is 3.10. The second kappa shape index (κ2) is 3.74. The molecule has 1 aromatic rings. The molecule has 2 nitrogen and oxygen atoms in total. The van der Waals surface area contributed by atoms with Gasteiger partial charge in [-0.15, -0.1) is 0 Å². The van der Waals surface area contributed by atoms with Crippen molar-refractivity contribution >= 4 is 17.5 Å². The van der Waals surface area contributed by atoms with Gasteiger partial charge in [-0.3, -0.25) is 4.79 Å². The van der Waals surface area contributed by atoms with Crippen molar-refractivity contribution in [3.63, 3.8) is 0 Å². The Labute approximate surface area is 106 Å². The molecule has 0 aromatic heterocycles. The molecular formula is C14H16ClNO. The van der Waals surface area contributed by atoms with Gasteiger partial charge in [-0.1, -0.05) is 23.7 Å². The third-order valence-electron chi connectivity index (χ3n) is 4.23. The van der Waals surface area contributed by atoms with Crippen LogP contribution in [-0.2, 0) is 4.79 Å². The molecule has 17 heavy (non-hydrogen) atoms. The summed E-state index contributed by atoms with van der Waals surface area (Å²) in [7, 11) is 0. The van der Waals surface area contributed by atoms with E-state index in [0.717, 1.165) is 24.3 Å². The maximum atomic E-state index is 11.3. The summed E-state index contributed by atoms with van der Waals surface area (Å²) in [5.74, 6) is 1.11. The Balaban J connectivity index is 1.65. The lowest BCUT2D eigenvalue weighted by molar-refractivity contribution is -0.123. The first kappa shape index (κ1) is 11.1. The molecule has 1 aromatic carbocycles. The van der Waals surface area contributed by atoms with Crippen molar-refractivity contribution in [1.82, 2.24) is 0 Å². The number of benzene rings is 1. The Kier molecular flexibility index (Phi) is 2.44. The van der Waals surface area contributed by atoms with Crippen LogP contribution in [0.3, 0.4) is 0 Å². The van der Waals surface area contributed by atoms with Gasteiger partial charge >= 0.3 is 0 Å². The fraction of sp³-hybridized carbons (Fsp3) is 0.500. The molecule has 0 bridgehead atoms. The lowest BCUT2D eigenvalue weighted by Crippen LogP contribution is -2.25. The molecule has 0 spiro atoms. The van der Waals surface area contributed by atoms with Crippen LogP contribution in [0.25, 0.3) is 0 Å². The topological polar surface area (TPSA) is 43.1 Å². The fourth-order valence-electron chi connectivity index (χ4n) is 2.82. The van der Waals surface area contributed by atoms with E-state index in [0.29, 0.717) is 11.8 Å². The number of primary amides is 1. The van der Waals surface area contributed by atoms with Crippen molar-refractivity contribution in [1.29, 1.82) is 0 Å². The zero-order valence-corrected chi connectivity index (χ0v) is 10.4. The van der Waals surface area contributed by atoms with Crippen LogP contribution in [0.4, 0.5) is 0 Å². The smallest absolute Gasteiger partial charge is 0.223 e. The zero-order chi connectivity index (χ0) is 12.0. The van der Waals surface area contributed by atoms with Gasteiger partial charge in [-0.05, 0) is 55.2 Å². The first-order chi connectivity index (χ1) is 8.11. The molecule has 0 aliphatic heterocycles. The Hall–Kier alpha value is -1.02. The van der Waals surface area contributed by atoms with Gasteiger partial charge in [0.05, 0.1) is 0 Å². The highest BCUT2D eigenvalue weighted by atomic mass is 35.5. The molecule has 2 saturated carbocycles.